The van der Waals surface area contributed by atoms with E-state index < -0.39 is 20.5 Å². The van der Waals surface area contributed by atoms with Crippen LogP contribution in [0.4, 0.5) is 0 Å². The Balaban J connectivity index is 2.11. The highest BCUT2D eigenvalue weighted by Crippen LogP contribution is 2.62. The van der Waals surface area contributed by atoms with Crippen molar-refractivity contribution >= 4 is 15.6 Å². The van der Waals surface area contributed by atoms with Crippen LogP contribution in [0.5, 0.6) is 0 Å². The van der Waals surface area contributed by atoms with Crippen LogP contribution in [0, 0.1) is 23.2 Å². The van der Waals surface area contributed by atoms with Crippen molar-refractivity contribution in [1.82, 2.24) is 0 Å². The molecule has 0 saturated heterocycles. The molecular weight excluding hydrogens is 262 g/mol. The first-order valence-electron chi connectivity index (χ1n) is 6.29. The Hall–Kier alpha value is -1.67. The molecule has 2 aliphatic carbocycles. The molecule has 4 nitrogen and oxygen atoms in total. The minimum Gasteiger partial charge on any atom is -0.299 e. The molecular formula is C14H13NO3S. The summed E-state index contributed by atoms with van der Waals surface area (Å²) in [4.78, 5) is 12.0. The van der Waals surface area contributed by atoms with E-state index in [-0.39, 0.29) is 16.6 Å². The topological polar surface area (TPSA) is 75.0 Å². The SMILES string of the molecule is N#C[C@]1(S(=O)(=O)c2ccccc2)[C@@H]2C(=O)CCC[C@@H]21. The normalized spacial score (nSPS) is 33.3. The second-order valence-electron chi connectivity index (χ2n) is 5.16. The number of benzene rings is 1. The predicted molar refractivity (Wildman–Crippen MR) is 67.8 cm³/mol. The third kappa shape index (κ3) is 1.44. The minimum absolute atomic E-state index is 0.0719. The van der Waals surface area contributed by atoms with E-state index in [2.05, 4.69) is 0 Å². The van der Waals surface area contributed by atoms with Gasteiger partial charge in [0.15, 0.2) is 14.6 Å². The fourth-order valence-electron chi connectivity index (χ4n) is 3.30. The fourth-order valence-corrected chi connectivity index (χ4v) is 5.54. The van der Waals surface area contributed by atoms with Gasteiger partial charge in [-0.2, -0.15) is 5.26 Å². The summed E-state index contributed by atoms with van der Waals surface area (Å²) in [6, 6.07) is 9.92. The van der Waals surface area contributed by atoms with Crippen molar-refractivity contribution in [3.05, 3.63) is 30.3 Å². The number of carbonyl (C=O) groups is 1. The highest BCUT2D eigenvalue weighted by molar-refractivity contribution is 7.93. The van der Waals surface area contributed by atoms with Crippen molar-refractivity contribution in [2.45, 2.75) is 28.9 Å². The van der Waals surface area contributed by atoms with Gasteiger partial charge in [-0.25, -0.2) is 8.42 Å². The van der Waals surface area contributed by atoms with Crippen LogP contribution in [0.2, 0.25) is 0 Å². The van der Waals surface area contributed by atoms with Gasteiger partial charge in [0.1, 0.15) is 5.78 Å². The summed E-state index contributed by atoms with van der Waals surface area (Å²) in [6.45, 7) is 0. The second kappa shape index (κ2) is 3.91. The zero-order valence-corrected chi connectivity index (χ0v) is 11.1. The van der Waals surface area contributed by atoms with Crippen LogP contribution in [-0.2, 0) is 14.6 Å². The lowest BCUT2D eigenvalue weighted by Crippen LogP contribution is -2.27. The van der Waals surface area contributed by atoms with E-state index in [1.807, 2.05) is 6.07 Å². The number of hydrogen-bond donors (Lipinski definition) is 0. The molecule has 1 aromatic rings. The standard InChI is InChI=1S/C14H13NO3S/c15-9-14(11-7-4-8-12(16)13(11)14)19(17,18)10-5-2-1-3-6-10/h1-3,5-6,11,13H,4,7-8H2/t11-,13-,14+/m0/s1. The molecule has 2 aliphatic rings. The van der Waals surface area contributed by atoms with E-state index >= 15 is 0 Å². The molecule has 0 bridgehead atoms. The first-order valence-corrected chi connectivity index (χ1v) is 7.77. The molecule has 1 aromatic carbocycles. The summed E-state index contributed by atoms with van der Waals surface area (Å²) in [5.41, 5.74) is 0. The van der Waals surface area contributed by atoms with Crippen molar-refractivity contribution in [2.24, 2.45) is 11.8 Å². The van der Waals surface area contributed by atoms with Crippen molar-refractivity contribution in [2.75, 3.05) is 0 Å². The van der Waals surface area contributed by atoms with Crippen LogP contribution in [0.3, 0.4) is 0 Å². The summed E-state index contributed by atoms with van der Waals surface area (Å²) < 4.78 is 23.9. The molecule has 0 amide bonds. The molecule has 5 heteroatoms. The van der Waals surface area contributed by atoms with Gasteiger partial charge in [0.25, 0.3) is 0 Å². The van der Waals surface area contributed by atoms with Gasteiger partial charge in [0, 0.05) is 12.3 Å². The Morgan fingerprint density at radius 1 is 1.26 bits per heavy atom. The third-order valence-electron chi connectivity index (χ3n) is 4.26. The molecule has 0 aromatic heterocycles. The number of sulfone groups is 1. The average Bonchev–Trinajstić information content (AvgIpc) is 3.11. The predicted octanol–water partition coefficient (Wildman–Crippen LogP) is 1.72. The lowest BCUT2D eigenvalue weighted by atomic mass is 10.00. The Kier molecular flexibility index (Phi) is 2.55. The molecule has 0 heterocycles. The lowest BCUT2D eigenvalue weighted by molar-refractivity contribution is -0.121. The fraction of sp³-hybridized carbons (Fsp3) is 0.429. The smallest absolute Gasteiger partial charge is 0.198 e. The second-order valence-corrected chi connectivity index (χ2v) is 7.32. The maximum Gasteiger partial charge on any atom is 0.198 e. The Morgan fingerprint density at radius 3 is 2.53 bits per heavy atom. The third-order valence-corrected chi connectivity index (χ3v) is 6.69. The minimum atomic E-state index is -3.77. The van der Waals surface area contributed by atoms with Crippen molar-refractivity contribution in [3.8, 4) is 6.07 Å². The summed E-state index contributed by atoms with van der Waals surface area (Å²) >= 11 is 0. The van der Waals surface area contributed by atoms with E-state index in [4.69, 9.17) is 0 Å². The summed E-state index contributed by atoms with van der Waals surface area (Å²) in [7, 11) is -3.77. The molecule has 2 saturated carbocycles. The van der Waals surface area contributed by atoms with Crippen molar-refractivity contribution < 1.29 is 13.2 Å². The Bertz CT molecular complexity index is 674. The van der Waals surface area contributed by atoms with Crippen LogP contribution in [0.1, 0.15) is 19.3 Å². The largest absolute Gasteiger partial charge is 0.299 e. The van der Waals surface area contributed by atoms with Crippen molar-refractivity contribution in [3.63, 3.8) is 0 Å². The van der Waals surface area contributed by atoms with Crippen LogP contribution in [0.15, 0.2) is 35.2 Å². The number of hydrogen-bond acceptors (Lipinski definition) is 4. The molecule has 98 valence electrons. The summed E-state index contributed by atoms with van der Waals surface area (Å²) in [5, 5.41) is 9.42. The number of fused-ring (bicyclic) bond motifs is 1. The molecule has 2 fully saturated rings. The molecule has 3 atom stereocenters. The summed E-state index contributed by atoms with van der Waals surface area (Å²) in [6.07, 6.45) is 1.73. The summed E-state index contributed by atoms with van der Waals surface area (Å²) in [5.74, 6) is -1.00. The number of ketones is 1. The highest BCUT2D eigenvalue weighted by Gasteiger charge is 2.76. The monoisotopic (exact) mass is 275 g/mol. The zero-order valence-electron chi connectivity index (χ0n) is 10.2. The molecule has 0 unspecified atom stereocenters. The number of nitrogens with zero attached hydrogens (tertiary/aromatic N) is 1. The molecule has 0 spiro atoms. The van der Waals surface area contributed by atoms with Crippen molar-refractivity contribution in [1.29, 1.82) is 5.26 Å². The van der Waals surface area contributed by atoms with Gasteiger partial charge in [0.2, 0.25) is 0 Å². The zero-order chi connectivity index (χ0) is 13.7. The number of carbonyl (C=O) groups excluding carboxylic acids is 1. The van der Waals surface area contributed by atoms with Crippen LogP contribution in [-0.4, -0.2) is 18.9 Å². The molecule has 0 radical (unpaired) electrons. The van der Waals surface area contributed by atoms with E-state index in [0.29, 0.717) is 19.3 Å². The maximum atomic E-state index is 12.7. The van der Waals surface area contributed by atoms with Gasteiger partial charge in [0.05, 0.1) is 16.9 Å². The lowest BCUT2D eigenvalue weighted by Gasteiger charge is -2.10. The average molecular weight is 275 g/mol. The van der Waals surface area contributed by atoms with E-state index in [1.54, 1.807) is 18.2 Å². The Morgan fingerprint density at radius 2 is 1.95 bits per heavy atom. The van der Waals surface area contributed by atoms with Crippen LogP contribution >= 0.6 is 0 Å². The highest BCUT2D eigenvalue weighted by atomic mass is 32.2. The van der Waals surface area contributed by atoms with Gasteiger partial charge in [-0.05, 0) is 25.0 Å². The van der Waals surface area contributed by atoms with E-state index in [0.717, 1.165) is 0 Å². The number of rotatable bonds is 2. The van der Waals surface area contributed by atoms with Gasteiger partial charge >= 0.3 is 0 Å². The van der Waals surface area contributed by atoms with Crippen LogP contribution in [0.25, 0.3) is 0 Å². The van der Waals surface area contributed by atoms with E-state index in [9.17, 15) is 18.5 Å². The molecule has 3 rings (SSSR count). The number of nitriles is 1. The maximum absolute atomic E-state index is 12.7. The number of Topliss-reactive ketones (excluding diaryl/α,β-unsaturated/α-hetero) is 1. The van der Waals surface area contributed by atoms with Crippen LogP contribution < -0.4 is 0 Å². The van der Waals surface area contributed by atoms with Gasteiger partial charge in [-0.3, -0.25) is 4.79 Å². The molecule has 0 N–H and O–H groups in total. The van der Waals surface area contributed by atoms with Gasteiger partial charge < -0.3 is 0 Å². The van der Waals surface area contributed by atoms with Gasteiger partial charge in [-0.1, -0.05) is 18.2 Å². The first-order chi connectivity index (χ1) is 9.05. The molecule has 0 aliphatic heterocycles. The van der Waals surface area contributed by atoms with E-state index in [1.165, 1.54) is 12.1 Å². The Labute approximate surface area is 112 Å². The first kappa shape index (κ1) is 12.4. The quantitative estimate of drug-likeness (QED) is 0.823. The molecule has 19 heavy (non-hydrogen) atoms. The van der Waals surface area contributed by atoms with Gasteiger partial charge in [-0.15, -0.1) is 0 Å².